The summed E-state index contributed by atoms with van der Waals surface area (Å²) < 4.78 is 0. The maximum Gasteiger partial charge on any atom is 2.00 e. The first-order valence-electron chi connectivity index (χ1n) is 5.22. The van der Waals surface area contributed by atoms with Crippen LogP contribution in [0.4, 0.5) is 0 Å². The Balaban J connectivity index is -0.0000000439. The summed E-state index contributed by atoms with van der Waals surface area (Å²) in [6, 6.07) is 0. The molecule has 0 saturated heterocycles. The first kappa shape index (κ1) is 38.5. The molecule has 0 aliphatic rings. The smallest absolute Gasteiger partial charge is 0.548 e. The summed E-state index contributed by atoms with van der Waals surface area (Å²) in [5.74, 6) is -5.75. The number of carbonyl (C=O) groups is 4. The fourth-order valence-electron chi connectivity index (χ4n) is 0. The van der Waals surface area contributed by atoms with Crippen molar-refractivity contribution in [2.45, 2.75) is 26.1 Å². The van der Waals surface area contributed by atoms with Crippen LogP contribution >= 0.6 is 0 Å². The molecule has 0 aromatic rings. The van der Waals surface area contributed by atoms with Gasteiger partial charge in [0.1, 0.15) is 0 Å². The molecular weight excluding hydrogens is 443 g/mol. The van der Waals surface area contributed by atoms with Gasteiger partial charge in [-0.15, -0.1) is 0 Å². The van der Waals surface area contributed by atoms with Crippen molar-refractivity contribution in [2.24, 2.45) is 0 Å². The van der Waals surface area contributed by atoms with Gasteiger partial charge >= 0.3 is 39.0 Å². The van der Waals surface area contributed by atoms with Crippen LogP contribution in [0.1, 0.15) is 13.8 Å². The van der Waals surface area contributed by atoms with Crippen molar-refractivity contribution in [3.63, 3.8) is 0 Å². The van der Waals surface area contributed by atoms with Gasteiger partial charge in [0.15, 0.2) is 0 Å². The summed E-state index contributed by atoms with van der Waals surface area (Å²) in [7, 11) is 0. The molecule has 0 bridgehead atoms. The molecule has 0 amide bonds. The summed E-state index contributed by atoms with van der Waals surface area (Å²) >= 11 is 0. The SMILES string of the molecule is CC(O)C(=O)[O-].CC(O)C(=O)[O-].O=C([O-])CO.O=C([O-])CO.[Zn+2].[Zn+2]. The van der Waals surface area contributed by atoms with Crippen molar-refractivity contribution in [3.8, 4) is 0 Å². The molecule has 0 aliphatic carbocycles. The van der Waals surface area contributed by atoms with Crippen molar-refractivity contribution >= 4 is 23.9 Å². The van der Waals surface area contributed by atoms with Gasteiger partial charge in [0.2, 0.25) is 0 Å². The fraction of sp³-hybridized carbons (Fsp3) is 0.600. The van der Waals surface area contributed by atoms with Crippen LogP contribution in [0.2, 0.25) is 0 Å². The molecule has 0 rings (SSSR count). The van der Waals surface area contributed by atoms with Crippen molar-refractivity contribution in [3.05, 3.63) is 0 Å². The van der Waals surface area contributed by atoms with Gasteiger partial charge in [0.25, 0.3) is 0 Å². The molecule has 0 fully saturated rings. The van der Waals surface area contributed by atoms with Crippen molar-refractivity contribution in [2.75, 3.05) is 13.2 Å². The van der Waals surface area contributed by atoms with E-state index in [1.807, 2.05) is 0 Å². The molecule has 24 heavy (non-hydrogen) atoms. The van der Waals surface area contributed by atoms with Crippen LogP contribution in [0, 0.1) is 0 Å². The second-order valence-electron chi connectivity index (χ2n) is 3.05. The van der Waals surface area contributed by atoms with Gasteiger partial charge in [0, 0.05) is 0 Å². The third kappa shape index (κ3) is 69.5. The van der Waals surface area contributed by atoms with Crippen LogP contribution in [0.3, 0.4) is 0 Å². The minimum atomic E-state index is -1.44. The van der Waals surface area contributed by atoms with Crippen molar-refractivity contribution < 1.29 is 99.0 Å². The molecule has 12 nitrogen and oxygen atoms in total. The summed E-state index contributed by atoms with van der Waals surface area (Å²) in [6.07, 6.45) is -2.69. The van der Waals surface area contributed by atoms with E-state index in [0.29, 0.717) is 0 Å². The molecule has 0 aromatic heterocycles. The average molecular weight is 459 g/mol. The zero-order valence-corrected chi connectivity index (χ0v) is 19.0. The summed E-state index contributed by atoms with van der Waals surface area (Å²) in [4.78, 5) is 36.7. The van der Waals surface area contributed by atoms with Gasteiger partial charge in [-0.05, 0) is 13.8 Å². The van der Waals surface area contributed by atoms with E-state index in [0.717, 1.165) is 13.8 Å². The van der Waals surface area contributed by atoms with E-state index in [4.69, 9.17) is 40.2 Å². The molecule has 0 spiro atoms. The predicted octanol–water partition coefficient (Wildman–Crippen LogP) is -8.31. The molecule has 0 saturated carbocycles. The Hall–Kier alpha value is -1.03. The van der Waals surface area contributed by atoms with Crippen molar-refractivity contribution in [1.29, 1.82) is 0 Å². The topological polar surface area (TPSA) is 241 Å². The zero-order valence-electron chi connectivity index (χ0n) is 13.0. The normalized spacial score (nSPS) is 9.92. The molecule has 2 unspecified atom stereocenters. The zero-order chi connectivity index (χ0) is 18.9. The fourth-order valence-corrected chi connectivity index (χ4v) is 0. The molecule has 132 valence electrons. The second kappa shape index (κ2) is 26.8. The molecule has 0 heterocycles. The number of aliphatic carboxylic acids is 4. The molecule has 14 heteroatoms. The molecular formula is C10H16O12Zn2. The summed E-state index contributed by atoms with van der Waals surface area (Å²) in [6.45, 7) is 0.491. The van der Waals surface area contributed by atoms with Crippen LogP contribution in [0.15, 0.2) is 0 Å². The van der Waals surface area contributed by atoms with Gasteiger partial charge in [-0.3, -0.25) is 0 Å². The number of rotatable bonds is 4. The Morgan fingerprint density at radius 3 is 0.792 bits per heavy atom. The monoisotopic (exact) mass is 456 g/mol. The number of aliphatic hydroxyl groups is 4. The quantitative estimate of drug-likeness (QED) is 0.287. The number of hydrogen-bond acceptors (Lipinski definition) is 12. The van der Waals surface area contributed by atoms with E-state index in [2.05, 4.69) is 0 Å². The van der Waals surface area contributed by atoms with Crippen LogP contribution < -0.4 is 20.4 Å². The van der Waals surface area contributed by atoms with Gasteiger partial charge in [-0.1, -0.05) is 0 Å². The molecule has 0 radical (unpaired) electrons. The summed E-state index contributed by atoms with van der Waals surface area (Å²) in [5.41, 5.74) is 0. The number of carboxylic acid groups (broad SMARTS) is 4. The summed E-state index contributed by atoms with van der Waals surface area (Å²) in [5, 5.41) is 67.6. The largest absolute Gasteiger partial charge is 2.00 e. The Labute approximate surface area is 162 Å². The molecule has 0 aromatic carbocycles. The van der Waals surface area contributed by atoms with Gasteiger partial charge in [-0.2, -0.15) is 0 Å². The standard InChI is InChI=1S/2C3H6O3.2C2H4O3.2Zn/c2*1-2(4)3(5)6;2*3-1-2(4)5;;/h2*2,4H,1H3,(H,5,6);2*3H,1H2,(H,4,5);;/q;;;;2*+2/p-4. The minimum absolute atomic E-state index is 0. The van der Waals surface area contributed by atoms with Crippen molar-refractivity contribution in [1.82, 2.24) is 0 Å². The molecule has 4 N–H and O–H groups in total. The van der Waals surface area contributed by atoms with Gasteiger partial charge in [0.05, 0.1) is 49.3 Å². The predicted molar refractivity (Wildman–Crippen MR) is 57.6 cm³/mol. The van der Waals surface area contributed by atoms with E-state index < -0.39 is 49.3 Å². The Morgan fingerprint density at radius 2 is 0.792 bits per heavy atom. The number of carbonyl (C=O) groups excluding carboxylic acids is 4. The van der Waals surface area contributed by atoms with Crippen LogP contribution in [0.25, 0.3) is 0 Å². The maximum absolute atomic E-state index is 9.34. The van der Waals surface area contributed by atoms with E-state index in [-0.39, 0.29) is 39.0 Å². The molecule has 2 atom stereocenters. The Kier molecular flexibility index (Phi) is 43.1. The first-order chi connectivity index (χ1) is 9.83. The first-order valence-corrected chi connectivity index (χ1v) is 5.22. The van der Waals surface area contributed by atoms with E-state index >= 15 is 0 Å². The van der Waals surface area contributed by atoms with E-state index in [9.17, 15) is 19.8 Å². The van der Waals surface area contributed by atoms with E-state index in [1.54, 1.807) is 0 Å². The van der Waals surface area contributed by atoms with E-state index in [1.165, 1.54) is 0 Å². The Morgan fingerprint density at radius 1 is 0.708 bits per heavy atom. The van der Waals surface area contributed by atoms with Crippen LogP contribution in [0.5, 0.6) is 0 Å². The maximum atomic E-state index is 9.34. The number of aliphatic hydroxyl groups excluding tert-OH is 4. The second-order valence-corrected chi connectivity index (χ2v) is 3.05. The average Bonchev–Trinajstić information content (AvgIpc) is 2.40. The van der Waals surface area contributed by atoms with Gasteiger partial charge < -0.3 is 60.0 Å². The minimum Gasteiger partial charge on any atom is -0.548 e. The third-order valence-corrected chi connectivity index (χ3v) is 0.940. The number of hydrogen-bond donors (Lipinski definition) is 4. The molecule has 0 aliphatic heterocycles. The third-order valence-electron chi connectivity index (χ3n) is 0.940. The number of carboxylic acids is 4. The van der Waals surface area contributed by atoms with Crippen LogP contribution in [-0.2, 0) is 58.1 Å². The van der Waals surface area contributed by atoms with Gasteiger partial charge in [-0.25, -0.2) is 0 Å². The van der Waals surface area contributed by atoms with Crippen LogP contribution in [-0.4, -0.2) is 69.7 Å². The Bertz CT molecular complexity index is 300.